The van der Waals surface area contributed by atoms with Gasteiger partial charge in [0.05, 0.1) is 30.2 Å². The second-order valence-corrected chi connectivity index (χ2v) is 10.2. The summed E-state index contributed by atoms with van der Waals surface area (Å²) >= 11 is 0. The number of primary sulfonamides is 1. The lowest BCUT2D eigenvalue weighted by Crippen LogP contribution is -2.38. The Morgan fingerprint density at radius 1 is 1.15 bits per heavy atom. The molecule has 0 saturated carbocycles. The number of anilines is 2. The van der Waals surface area contributed by atoms with Crippen LogP contribution in [0, 0.1) is 0 Å². The zero-order valence-electron chi connectivity index (χ0n) is 21.5. The Labute approximate surface area is 227 Å². The fourth-order valence-electron chi connectivity index (χ4n) is 4.25. The first-order valence-corrected chi connectivity index (χ1v) is 13.8. The van der Waals surface area contributed by atoms with Crippen molar-refractivity contribution in [3.8, 4) is 22.6 Å². The second kappa shape index (κ2) is 12.0. The quantitative estimate of drug-likeness (QED) is 0.339. The highest BCUT2D eigenvalue weighted by molar-refractivity contribution is 7.89. The van der Waals surface area contributed by atoms with Crippen molar-refractivity contribution in [2.45, 2.75) is 18.2 Å². The minimum atomic E-state index is -3.90. The van der Waals surface area contributed by atoms with Gasteiger partial charge in [-0.2, -0.15) is 0 Å². The first-order chi connectivity index (χ1) is 18.7. The van der Waals surface area contributed by atoms with Crippen LogP contribution in [0.4, 0.5) is 11.5 Å². The van der Waals surface area contributed by atoms with E-state index in [0.29, 0.717) is 47.3 Å². The van der Waals surface area contributed by atoms with Crippen LogP contribution < -0.4 is 25.2 Å². The van der Waals surface area contributed by atoms with Crippen LogP contribution in [0.15, 0.2) is 90.5 Å². The number of ether oxygens (including phenoxy) is 2. The van der Waals surface area contributed by atoms with E-state index >= 15 is 0 Å². The first-order valence-electron chi connectivity index (χ1n) is 12.3. The number of carbonyl (C=O) groups is 1. The number of carbonyl (C=O) groups excluding carboxylic acids is 1. The Bertz CT molecular complexity index is 1620. The number of nitrogen functional groups attached to an aromatic ring is 1. The molecule has 0 spiro atoms. The Morgan fingerprint density at radius 3 is 2.69 bits per heavy atom. The summed E-state index contributed by atoms with van der Waals surface area (Å²) in [6.07, 6.45) is 3.56. The van der Waals surface area contributed by atoms with Crippen molar-refractivity contribution in [3.63, 3.8) is 0 Å². The topological polar surface area (TPSA) is 138 Å². The lowest BCUT2D eigenvalue weighted by molar-refractivity contribution is -0.119. The van der Waals surface area contributed by atoms with Gasteiger partial charge in [-0.05, 0) is 54.3 Å². The van der Waals surface area contributed by atoms with E-state index in [1.165, 1.54) is 6.07 Å². The number of nitrogens with zero attached hydrogens (tertiary/aromatic N) is 2. The molecule has 10 heteroatoms. The smallest absolute Gasteiger partial charge is 0.238 e. The van der Waals surface area contributed by atoms with Crippen molar-refractivity contribution in [2.75, 3.05) is 30.4 Å². The number of allylic oxidation sites excluding steroid dienone is 1. The largest absolute Gasteiger partial charge is 0.493 e. The van der Waals surface area contributed by atoms with Crippen molar-refractivity contribution in [1.29, 1.82) is 0 Å². The van der Waals surface area contributed by atoms with Crippen LogP contribution in [0.5, 0.6) is 11.5 Å². The van der Waals surface area contributed by atoms with Gasteiger partial charge < -0.3 is 20.1 Å². The number of rotatable bonds is 6. The number of amides is 1. The number of hydrogen-bond donors (Lipinski definition) is 2. The molecule has 0 saturated heterocycles. The summed E-state index contributed by atoms with van der Waals surface area (Å²) < 4.78 is 35.6. The third-order valence-corrected chi connectivity index (χ3v) is 6.95. The molecule has 0 aliphatic carbocycles. The molecule has 0 radical (unpaired) electrons. The zero-order chi connectivity index (χ0) is 28.0. The van der Waals surface area contributed by atoms with E-state index in [-0.39, 0.29) is 23.8 Å². The van der Waals surface area contributed by atoms with Crippen LogP contribution >= 0.6 is 0 Å². The second-order valence-electron chi connectivity index (χ2n) is 8.70. The van der Waals surface area contributed by atoms with Gasteiger partial charge in [-0.3, -0.25) is 4.79 Å². The summed E-state index contributed by atoms with van der Waals surface area (Å²) in [5.41, 5.74) is 7.66. The molecule has 0 atom stereocenters. The molecule has 1 aliphatic rings. The number of aromatic nitrogens is 1. The van der Waals surface area contributed by atoms with E-state index in [0.717, 1.165) is 10.8 Å². The number of nitrogens with two attached hydrogens (primary N) is 2. The maximum Gasteiger partial charge on any atom is 0.238 e. The van der Waals surface area contributed by atoms with Crippen molar-refractivity contribution in [1.82, 2.24) is 4.98 Å². The van der Waals surface area contributed by atoms with Crippen LogP contribution in [0.3, 0.4) is 0 Å². The van der Waals surface area contributed by atoms with Crippen LogP contribution in [-0.4, -0.2) is 39.1 Å². The highest BCUT2D eigenvalue weighted by Gasteiger charge is 2.25. The lowest BCUT2D eigenvalue weighted by Gasteiger charge is -2.30. The third kappa shape index (κ3) is 6.36. The summed E-state index contributed by atoms with van der Waals surface area (Å²) in [6, 6.07) is 19.1. The highest BCUT2D eigenvalue weighted by atomic mass is 32.2. The molecule has 4 N–H and O–H groups in total. The summed E-state index contributed by atoms with van der Waals surface area (Å²) in [4.78, 5) is 18.8. The van der Waals surface area contributed by atoms with E-state index in [4.69, 9.17) is 20.3 Å². The molecular weight excluding hydrogens is 516 g/mol. The Kier molecular flexibility index (Phi) is 8.48. The molecule has 39 heavy (non-hydrogen) atoms. The third-order valence-electron chi connectivity index (χ3n) is 5.98. The summed E-state index contributed by atoms with van der Waals surface area (Å²) in [6.45, 7) is 6.16. The first kappa shape index (κ1) is 27.6. The molecular formula is C29H30N4O5S. The van der Waals surface area contributed by atoms with Crippen molar-refractivity contribution < 1.29 is 22.7 Å². The maximum atomic E-state index is 13.0. The monoisotopic (exact) mass is 546 g/mol. The average molecular weight is 547 g/mol. The van der Waals surface area contributed by atoms with Gasteiger partial charge in [0, 0.05) is 17.1 Å². The molecule has 3 aromatic carbocycles. The van der Waals surface area contributed by atoms with Gasteiger partial charge in [0.25, 0.3) is 0 Å². The minimum absolute atomic E-state index is 0.0251. The van der Waals surface area contributed by atoms with E-state index < -0.39 is 10.0 Å². The average Bonchev–Trinajstić information content (AvgIpc) is 2.93. The van der Waals surface area contributed by atoms with Crippen molar-refractivity contribution in [2.24, 2.45) is 5.14 Å². The van der Waals surface area contributed by atoms with Crippen LogP contribution in [0.2, 0.25) is 0 Å². The predicted octanol–water partition coefficient (Wildman–Crippen LogP) is 4.52. The summed E-state index contributed by atoms with van der Waals surface area (Å²) in [7, 11) is -3.90. The number of fused-ring (bicyclic) bond motifs is 2. The zero-order valence-corrected chi connectivity index (χ0v) is 22.4. The summed E-state index contributed by atoms with van der Waals surface area (Å²) in [5.74, 6) is 1.41. The lowest BCUT2D eigenvalue weighted by atomic mass is 10.0. The number of hydrogen-bond acceptors (Lipinski definition) is 7. The van der Waals surface area contributed by atoms with Gasteiger partial charge >= 0.3 is 0 Å². The van der Waals surface area contributed by atoms with Crippen LogP contribution in [0.25, 0.3) is 21.9 Å². The molecule has 4 aromatic rings. The number of pyridine rings is 1. The highest BCUT2D eigenvalue weighted by Crippen LogP contribution is 2.37. The normalized spacial score (nSPS) is 12.5. The van der Waals surface area contributed by atoms with E-state index in [1.807, 2.05) is 31.2 Å². The predicted molar refractivity (Wildman–Crippen MR) is 153 cm³/mol. The Hall–Kier alpha value is -4.41. The van der Waals surface area contributed by atoms with E-state index in [2.05, 4.69) is 11.6 Å². The van der Waals surface area contributed by atoms with Gasteiger partial charge in [0.2, 0.25) is 15.9 Å². The van der Waals surface area contributed by atoms with Gasteiger partial charge in [-0.15, -0.1) is 6.58 Å². The molecule has 5 rings (SSSR count). The molecule has 0 bridgehead atoms. The molecule has 1 aliphatic heterocycles. The molecule has 1 amide bonds. The number of sulfonamides is 1. The van der Waals surface area contributed by atoms with Crippen LogP contribution in [-0.2, 0) is 14.8 Å². The molecule has 9 nitrogen and oxygen atoms in total. The van der Waals surface area contributed by atoms with Gasteiger partial charge in [-0.1, -0.05) is 36.4 Å². The minimum Gasteiger partial charge on any atom is -0.493 e. The number of benzene rings is 3. The van der Waals surface area contributed by atoms with Gasteiger partial charge in [0.1, 0.15) is 23.9 Å². The van der Waals surface area contributed by atoms with Crippen molar-refractivity contribution >= 4 is 38.2 Å². The van der Waals surface area contributed by atoms with Gasteiger partial charge in [-0.25, -0.2) is 18.5 Å². The molecule has 202 valence electrons. The molecule has 2 heterocycles. The fraction of sp³-hybridized carbons (Fsp3) is 0.172. The fourth-order valence-corrected chi connectivity index (χ4v) is 5.01. The van der Waals surface area contributed by atoms with Gasteiger partial charge in [0.15, 0.2) is 0 Å². The standard InChI is InChI=1S/C26H24N4O5S.C3H6/c27-26-21-16-19(7-5-17(21)9-11-29-26)34-13-10-25(31)30-12-14-35-23-15-18(6-8-22(23)30)20-3-1-2-4-24(20)36(28,32)33;1-3-2/h1-9,11,15-16H,10,12-14H2,(H2,27,29)(H2,28,32,33);3H,1H2,2H3. The van der Waals surface area contributed by atoms with Crippen LogP contribution in [0.1, 0.15) is 13.3 Å². The van der Waals surface area contributed by atoms with Crippen molar-refractivity contribution in [3.05, 3.63) is 85.6 Å². The molecule has 0 unspecified atom stereocenters. The Morgan fingerprint density at radius 2 is 1.92 bits per heavy atom. The molecule has 1 aromatic heterocycles. The Balaban J connectivity index is 0.00000112. The van der Waals surface area contributed by atoms with E-state index in [1.54, 1.807) is 53.6 Å². The maximum absolute atomic E-state index is 13.0. The van der Waals surface area contributed by atoms with E-state index in [9.17, 15) is 13.2 Å². The summed E-state index contributed by atoms with van der Waals surface area (Å²) in [5, 5.41) is 7.14. The molecule has 0 fully saturated rings. The SMILES string of the molecule is C=CC.Nc1nccc2ccc(OCCC(=O)N3CCOc4cc(-c5ccccc5S(N)(=O)=O)ccc43)cc12.